The van der Waals surface area contributed by atoms with Gasteiger partial charge in [0.2, 0.25) is 0 Å². The van der Waals surface area contributed by atoms with Gasteiger partial charge in [0.1, 0.15) is 0 Å². The first kappa shape index (κ1) is 14.9. The molecule has 108 valence electrons. The van der Waals surface area contributed by atoms with Crippen molar-refractivity contribution >= 4 is 11.8 Å². The summed E-state index contributed by atoms with van der Waals surface area (Å²) in [5.41, 5.74) is 1.37. The lowest BCUT2D eigenvalue weighted by Crippen LogP contribution is -2.32. The lowest BCUT2D eigenvalue weighted by atomic mass is 9.91. The molecule has 1 aromatic rings. The Balaban J connectivity index is 1.77. The highest BCUT2D eigenvalue weighted by molar-refractivity contribution is 7.99. The molecular formula is C15H27N3S. The third-order valence-electron chi connectivity index (χ3n) is 3.99. The quantitative estimate of drug-likeness (QED) is 0.833. The standard InChI is InChI=1S/C15H27N3S/c1-3-16-15(10-13-6-8-19-9-7-13)5-4-14-11-17-18(2)12-14/h11-13,15-16H,3-10H2,1-2H3. The predicted octanol–water partition coefficient (Wildman–Crippen LogP) is 2.86. The molecule has 1 saturated heterocycles. The van der Waals surface area contributed by atoms with Crippen LogP contribution in [0, 0.1) is 5.92 Å². The van der Waals surface area contributed by atoms with Crippen molar-refractivity contribution in [2.24, 2.45) is 13.0 Å². The van der Waals surface area contributed by atoms with Crippen LogP contribution in [0.2, 0.25) is 0 Å². The van der Waals surface area contributed by atoms with E-state index in [0.29, 0.717) is 6.04 Å². The molecule has 0 aliphatic carbocycles. The minimum Gasteiger partial charge on any atom is -0.314 e. The molecular weight excluding hydrogens is 254 g/mol. The maximum atomic E-state index is 4.25. The van der Waals surface area contributed by atoms with E-state index in [2.05, 4.69) is 35.3 Å². The van der Waals surface area contributed by atoms with Gasteiger partial charge in [-0.05, 0) is 61.6 Å². The van der Waals surface area contributed by atoms with Gasteiger partial charge in [0.15, 0.2) is 0 Å². The van der Waals surface area contributed by atoms with Crippen molar-refractivity contribution in [2.75, 3.05) is 18.1 Å². The van der Waals surface area contributed by atoms with Crippen molar-refractivity contribution in [3.63, 3.8) is 0 Å². The first-order chi connectivity index (χ1) is 9.28. The zero-order valence-corrected chi connectivity index (χ0v) is 13.1. The summed E-state index contributed by atoms with van der Waals surface area (Å²) in [7, 11) is 1.99. The normalized spacial score (nSPS) is 18.6. The van der Waals surface area contributed by atoms with Crippen LogP contribution in [-0.4, -0.2) is 33.9 Å². The fourth-order valence-corrected chi connectivity index (χ4v) is 4.12. The number of nitrogens with zero attached hydrogens (tertiary/aromatic N) is 2. The zero-order valence-electron chi connectivity index (χ0n) is 12.3. The Morgan fingerprint density at radius 3 is 2.89 bits per heavy atom. The number of aryl methyl sites for hydroxylation is 2. The fourth-order valence-electron chi connectivity index (χ4n) is 2.92. The summed E-state index contributed by atoms with van der Waals surface area (Å²) in [5.74, 6) is 3.68. The van der Waals surface area contributed by atoms with E-state index < -0.39 is 0 Å². The molecule has 1 aliphatic rings. The Morgan fingerprint density at radius 2 is 2.26 bits per heavy atom. The average molecular weight is 281 g/mol. The van der Waals surface area contributed by atoms with Crippen molar-refractivity contribution in [1.29, 1.82) is 0 Å². The number of thioether (sulfide) groups is 1. The second-order valence-corrected chi connectivity index (χ2v) is 6.83. The summed E-state index contributed by atoms with van der Waals surface area (Å²) in [6.45, 7) is 3.30. The van der Waals surface area contributed by atoms with Gasteiger partial charge in [0, 0.05) is 19.3 Å². The van der Waals surface area contributed by atoms with E-state index >= 15 is 0 Å². The molecule has 1 unspecified atom stereocenters. The van der Waals surface area contributed by atoms with Crippen molar-refractivity contribution < 1.29 is 0 Å². The van der Waals surface area contributed by atoms with Gasteiger partial charge in [-0.2, -0.15) is 16.9 Å². The monoisotopic (exact) mass is 281 g/mol. The van der Waals surface area contributed by atoms with Crippen LogP contribution >= 0.6 is 11.8 Å². The largest absolute Gasteiger partial charge is 0.314 e. The van der Waals surface area contributed by atoms with Crippen LogP contribution in [0.1, 0.15) is 38.2 Å². The molecule has 0 spiro atoms. The maximum Gasteiger partial charge on any atom is 0.0521 e. The van der Waals surface area contributed by atoms with E-state index in [4.69, 9.17) is 0 Å². The van der Waals surface area contributed by atoms with E-state index in [-0.39, 0.29) is 0 Å². The van der Waals surface area contributed by atoms with Crippen molar-refractivity contribution in [3.8, 4) is 0 Å². The first-order valence-electron chi connectivity index (χ1n) is 7.56. The van der Waals surface area contributed by atoms with E-state index in [1.807, 2.05) is 17.9 Å². The number of aromatic nitrogens is 2. The maximum absolute atomic E-state index is 4.25. The van der Waals surface area contributed by atoms with E-state index in [1.165, 1.54) is 42.8 Å². The molecule has 1 N–H and O–H groups in total. The molecule has 0 amide bonds. The highest BCUT2D eigenvalue weighted by atomic mass is 32.2. The first-order valence-corrected chi connectivity index (χ1v) is 8.72. The fraction of sp³-hybridized carbons (Fsp3) is 0.800. The number of hydrogen-bond donors (Lipinski definition) is 1. The third-order valence-corrected chi connectivity index (χ3v) is 5.04. The second-order valence-electron chi connectivity index (χ2n) is 5.61. The van der Waals surface area contributed by atoms with Crippen molar-refractivity contribution in [1.82, 2.24) is 15.1 Å². The van der Waals surface area contributed by atoms with Crippen LogP contribution < -0.4 is 5.32 Å². The van der Waals surface area contributed by atoms with Gasteiger partial charge in [-0.15, -0.1) is 0 Å². The smallest absolute Gasteiger partial charge is 0.0521 e. The average Bonchev–Trinajstić information content (AvgIpc) is 2.83. The van der Waals surface area contributed by atoms with Gasteiger partial charge in [0.05, 0.1) is 6.20 Å². The Kier molecular flexibility index (Phi) is 6.24. The summed E-state index contributed by atoms with van der Waals surface area (Å²) < 4.78 is 1.90. The summed E-state index contributed by atoms with van der Waals surface area (Å²) in [5, 5.41) is 7.92. The molecule has 2 rings (SSSR count). The topological polar surface area (TPSA) is 29.9 Å². The highest BCUT2D eigenvalue weighted by Gasteiger charge is 2.18. The van der Waals surface area contributed by atoms with Gasteiger partial charge in [-0.3, -0.25) is 4.68 Å². The van der Waals surface area contributed by atoms with Crippen molar-refractivity contribution in [2.45, 2.75) is 45.1 Å². The Bertz CT molecular complexity index is 358. The molecule has 1 fully saturated rings. The molecule has 0 radical (unpaired) electrons. The zero-order chi connectivity index (χ0) is 13.5. The number of rotatable bonds is 7. The number of nitrogens with one attached hydrogen (secondary N) is 1. The summed E-state index contributed by atoms with van der Waals surface area (Å²) in [4.78, 5) is 0. The minimum absolute atomic E-state index is 0.679. The van der Waals surface area contributed by atoms with Crippen LogP contribution in [0.25, 0.3) is 0 Å². The van der Waals surface area contributed by atoms with Crippen LogP contribution in [0.3, 0.4) is 0 Å². The Morgan fingerprint density at radius 1 is 1.47 bits per heavy atom. The lowest BCUT2D eigenvalue weighted by Gasteiger charge is -2.26. The lowest BCUT2D eigenvalue weighted by molar-refractivity contribution is 0.355. The summed E-state index contributed by atoms with van der Waals surface area (Å²) in [6.07, 6.45) is 10.7. The second kappa shape index (κ2) is 7.95. The van der Waals surface area contributed by atoms with Crippen LogP contribution in [0.4, 0.5) is 0 Å². The molecule has 0 aromatic carbocycles. The molecule has 19 heavy (non-hydrogen) atoms. The van der Waals surface area contributed by atoms with Gasteiger partial charge in [0.25, 0.3) is 0 Å². The molecule has 1 atom stereocenters. The van der Waals surface area contributed by atoms with E-state index in [9.17, 15) is 0 Å². The third kappa shape index (κ3) is 5.19. The molecule has 4 heteroatoms. The predicted molar refractivity (Wildman–Crippen MR) is 83.7 cm³/mol. The highest BCUT2D eigenvalue weighted by Crippen LogP contribution is 2.27. The Hall–Kier alpha value is -0.480. The molecule has 0 bridgehead atoms. The van der Waals surface area contributed by atoms with E-state index in [0.717, 1.165) is 18.9 Å². The van der Waals surface area contributed by atoms with Crippen LogP contribution in [0.15, 0.2) is 12.4 Å². The Labute approximate surface area is 121 Å². The van der Waals surface area contributed by atoms with Crippen LogP contribution in [-0.2, 0) is 13.5 Å². The molecule has 0 saturated carbocycles. The summed E-state index contributed by atoms with van der Waals surface area (Å²) in [6, 6.07) is 0.679. The summed E-state index contributed by atoms with van der Waals surface area (Å²) >= 11 is 2.12. The molecule has 1 aromatic heterocycles. The molecule has 1 aliphatic heterocycles. The molecule has 3 nitrogen and oxygen atoms in total. The van der Waals surface area contributed by atoms with Crippen LogP contribution in [0.5, 0.6) is 0 Å². The van der Waals surface area contributed by atoms with Crippen molar-refractivity contribution in [3.05, 3.63) is 18.0 Å². The van der Waals surface area contributed by atoms with Gasteiger partial charge in [-0.1, -0.05) is 6.92 Å². The number of hydrogen-bond acceptors (Lipinski definition) is 3. The molecule has 2 heterocycles. The SMILES string of the molecule is CCNC(CCc1cnn(C)c1)CC1CCSCC1. The van der Waals surface area contributed by atoms with E-state index in [1.54, 1.807) is 0 Å². The van der Waals surface area contributed by atoms with Gasteiger partial charge >= 0.3 is 0 Å². The minimum atomic E-state index is 0.679. The van der Waals surface area contributed by atoms with Gasteiger partial charge < -0.3 is 5.32 Å². The van der Waals surface area contributed by atoms with Gasteiger partial charge in [-0.25, -0.2) is 0 Å².